The van der Waals surface area contributed by atoms with Gasteiger partial charge in [0.05, 0.1) is 22.8 Å². The average Bonchev–Trinajstić information content (AvgIpc) is 3.08. The van der Waals surface area contributed by atoms with Crippen molar-refractivity contribution in [2.45, 2.75) is 48.5 Å². The van der Waals surface area contributed by atoms with Gasteiger partial charge in [-0.3, -0.25) is 0 Å². The van der Waals surface area contributed by atoms with Crippen molar-refractivity contribution in [2.75, 3.05) is 0 Å². The lowest BCUT2D eigenvalue weighted by Gasteiger charge is -2.08. The second kappa shape index (κ2) is 7.35. The van der Waals surface area contributed by atoms with Crippen molar-refractivity contribution < 1.29 is 0 Å². The molecule has 27 heavy (non-hydrogen) atoms. The Morgan fingerprint density at radius 3 is 1.74 bits per heavy atom. The minimum atomic E-state index is 0.853. The summed E-state index contributed by atoms with van der Waals surface area (Å²) in [6.07, 6.45) is 0. The van der Waals surface area contributed by atoms with E-state index in [9.17, 15) is 0 Å². The van der Waals surface area contributed by atoms with Crippen molar-refractivity contribution >= 4 is 11.4 Å². The van der Waals surface area contributed by atoms with Gasteiger partial charge in [0.15, 0.2) is 0 Å². The smallest absolute Gasteiger partial charge is 0.0867 e. The van der Waals surface area contributed by atoms with Gasteiger partial charge in [-0.25, -0.2) is 14.3 Å². The van der Waals surface area contributed by atoms with Crippen molar-refractivity contribution in [3.8, 4) is 0 Å². The number of nitrogens with zero attached hydrogens (tertiary/aromatic N) is 5. The summed E-state index contributed by atoms with van der Waals surface area (Å²) in [6.45, 7) is 14.3. The molecule has 3 aromatic heterocycles. The highest BCUT2D eigenvalue weighted by molar-refractivity contribution is 6.00. The molecule has 0 atom stereocenters. The molecule has 3 heterocycles. The number of aromatic nitrogens is 3. The Kier molecular flexibility index (Phi) is 5.13. The van der Waals surface area contributed by atoms with Gasteiger partial charge in [-0.15, -0.1) is 0 Å². The third-order valence-electron chi connectivity index (χ3n) is 4.87. The molecule has 0 N–H and O–H groups in total. The highest BCUT2D eigenvalue weighted by atomic mass is 15.4. The molecule has 0 aliphatic heterocycles. The highest BCUT2D eigenvalue weighted by Crippen LogP contribution is 2.14. The molecule has 0 amide bonds. The first-order valence-electron chi connectivity index (χ1n) is 9.17. The van der Waals surface area contributed by atoms with Crippen LogP contribution < -0.4 is 0 Å². The van der Waals surface area contributed by atoms with Crippen molar-refractivity contribution in [1.29, 1.82) is 0 Å². The number of hydrogen-bond donors (Lipinski definition) is 0. The zero-order valence-electron chi connectivity index (χ0n) is 17.2. The maximum atomic E-state index is 4.79. The molecule has 0 spiro atoms. The van der Waals surface area contributed by atoms with Crippen LogP contribution in [0.4, 0.5) is 0 Å². The van der Waals surface area contributed by atoms with E-state index in [4.69, 9.17) is 15.2 Å². The van der Waals surface area contributed by atoms with Crippen LogP contribution in [0.15, 0.2) is 46.6 Å². The molecular weight excluding hydrogens is 334 g/mol. The van der Waals surface area contributed by atoms with Gasteiger partial charge in [0.1, 0.15) is 0 Å². The second-order valence-electron chi connectivity index (χ2n) is 7.07. The molecule has 0 unspecified atom stereocenters. The summed E-state index contributed by atoms with van der Waals surface area (Å²) in [5.41, 5.74) is 9.18. The molecular formula is C22H27N5. The van der Waals surface area contributed by atoms with Crippen molar-refractivity contribution in [2.24, 2.45) is 10.2 Å². The number of hydrogen-bond acceptors (Lipinski definition) is 3. The van der Waals surface area contributed by atoms with Gasteiger partial charge in [0.2, 0.25) is 0 Å². The van der Waals surface area contributed by atoms with E-state index in [1.807, 2.05) is 55.2 Å². The fraction of sp³-hybridized carbons (Fsp3) is 0.318. The summed E-state index contributed by atoms with van der Waals surface area (Å²) >= 11 is 0. The molecule has 0 saturated carbocycles. The molecule has 5 heteroatoms. The third-order valence-corrected chi connectivity index (χ3v) is 4.87. The summed E-state index contributed by atoms with van der Waals surface area (Å²) in [7, 11) is 0. The zero-order chi connectivity index (χ0) is 19.7. The fourth-order valence-electron chi connectivity index (χ4n) is 3.12. The summed E-state index contributed by atoms with van der Waals surface area (Å²) in [6, 6.07) is 12.3. The number of pyridine rings is 1. The first-order chi connectivity index (χ1) is 12.8. The largest absolute Gasteiger partial charge is 0.245 e. The van der Waals surface area contributed by atoms with Crippen LogP contribution in [0.25, 0.3) is 0 Å². The van der Waals surface area contributed by atoms with E-state index >= 15 is 0 Å². The minimum absolute atomic E-state index is 0.853. The lowest BCUT2D eigenvalue weighted by molar-refractivity contribution is 0.807. The fourth-order valence-corrected chi connectivity index (χ4v) is 3.12. The third kappa shape index (κ3) is 3.77. The molecule has 3 rings (SSSR count). The van der Waals surface area contributed by atoms with E-state index in [2.05, 4.69) is 39.0 Å². The van der Waals surface area contributed by atoms with E-state index in [-0.39, 0.29) is 0 Å². The van der Waals surface area contributed by atoms with Gasteiger partial charge < -0.3 is 0 Å². The molecule has 0 aromatic carbocycles. The Labute approximate surface area is 161 Å². The van der Waals surface area contributed by atoms with E-state index in [1.165, 1.54) is 5.56 Å². The van der Waals surface area contributed by atoms with Crippen LogP contribution in [0.5, 0.6) is 0 Å². The Hall–Kier alpha value is -2.95. The highest BCUT2D eigenvalue weighted by Gasteiger charge is 2.09. The summed E-state index contributed by atoms with van der Waals surface area (Å²) in [4.78, 5) is 4.79. The number of rotatable bonds is 4. The van der Waals surface area contributed by atoms with Gasteiger partial charge in [0.25, 0.3) is 0 Å². The SMILES string of the molecule is C/C(=N/n1c(C)ccc1C)c1cccc(/C(C)=N\n2c(C)cc(C)c2C)n1. The van der Waals surface area contributed by atoms with Gasteiger partial charge in [-0.2, -0.15) is 10.2 Å². The van der Waals surface area contributed by atoms with Gasteiger partial charge in [-0.1, -0.05) is 6.07 Å². The zero-order valence-corrected chi connectivity index (χ0v) is 17.2. The van der Waals surface area contributed by atoms with Crippen LogP contribution in [0.3, 0.4) is 0 Å². The lowest BCUT2D eigenvalue weighted by atomic mass is 10.2. The molecule has 3 aromatic rings. The topological polar surface area (TPSA) is 47.5 Å². The van der Waals surface area contributed by atoms with Crippen LogP contribution >= 0.6 is 0 Å². The van der Waals surface area contributed by atoms with E-state index in [0.717, 1.165) is 45.6 Å². The van der Waals surface area contributed by atoms with E-state index in [1.54, 1.807) is 0 Å². The summed E-state index contributed by atoms with van der Waals surface area (Å²) in [5, 5.41) is 9.51. The molecule has 0 aliphatic carbocycles. The Balaban J connectivity index is 1.97. The molecule has 0 bridgehead atoms. The van der Waals surface area contributed by atoms with Crippen molar-refractivity contribution in [3.63, 3.8) is 0 Å². The predicted octanol–water partition coefficient (Wildman–Crippen LogP) is 4.77. The quantitative estimate of drug-likeness (QED) is 0.617. The Morgan fingerprint density at radius 1 is 0.741 bits per heavy atom. The molecule has 140 valence electrons. The average molecular weight is 361 g/mol. The first-order valence-corrected chi connectivity index (χ1v) is 9.17. The van der Waals surface area contributed by atoms with Gasteiger partial charge in [0, 0.05) is 22.8 Å². The summed E-state index contributed by atoms with van der Waals surface area (Å²) in [5.74, 6) is 0. The van der Waals surface area contributed by atoms with Crippen LogP contribution in [0, 0.1) is 34.6 Å². The maximum absolute atomic E-state index is 4.79. The standard InChI is InChI=1S/C22H27N5/c1-14-13-17(4)27(20(14)7)25-19(6)22-10-8-9-21(23-22)18(5)24-26-15(2)11-12-16(26)3/h8-13H,1-7H3/b24-18-,25-19-. The minimum Gasteiger partial charge on any atom is -0.245 e. The Morgan fingerprint density at radius 2 is 1.26 bits per heavy atom. The summed E-state index contributed by atoms with van der Waals surface area (Å²) < 4.78 is 3.92. The second-order valence-corrected chi connectivity index (χ2v) is 7.07. The number of aryl methyl sites for hydroxylation is 4. The lowest BCUT2D eigenvalue weighted by Crippen LogP contribution is -2.09. The molecule has 5 nitrogen and oxygen atoms in total. The van der Waals surface area contributed by atoms with Gasteiger partial charge in [-0.05, 0) is 84.4 Å². The Bertz CT molecular complexity index is 1030. The van der Waals surface area contributed by atoms with E-state index < -0.39 is 0 Å². The van der Waals surface area contributed by atoms with Crippen LogP contribution in [-0.2, 0) is 0 Å². The monoisotopic (exact) mass is 361 g/mol. The maximum Gasteiger partial charge on any atom is 0.0867 e. The molecule has 0 aliphatic rings. The van der Waals surface area contributed by atoms with E-state index in [0.29, 0.717) is 0 Å². The van der Waals surface area contributed by atoms with Crippen LogP contribution in [0.1, 0.15) is 53.6 Å². The predicted molar refractivity (Wildman–Crippen MR) is 112 cm³/mol. The molecule has 0 fully saturated rings. The molecule has 0 radical (unpaired) electrons. The first kappa shape index (κ1) is 18.8. The van der Waals surface area contributed by atoms with Gasteiger partial charge >= 0.3 is 0 Å². The molecule has 0 saturated heterocycles. The van der Waals surface area contributed by atoms with Crippen molar-refractivity contribution in [3.05, 3.63) is 76.1 Å². The van der Waals surface area contributed by atoms with Crippen LogP contribution in [-0.4, -0.2) is 25.8 Å². The van der Waals surface area contributed by atoms with Crippen molar-refractivity contribution in [1.82, 2.24) is 14.3 Å². The van der Waals surface area contributed by atoms with Crippen LogP contribution in [0.2, 0.25) is 0 Å². The normalized spacial score (nSPS) is 12.7.